The molecule has 0 unspecified atom stereocenters. The van der Waals surface area contributed by atoms with Crippen LogP contribution in [0.25, 0.3) is 0 Å². The Bertz CT molecular complexity index is 337. The fourth-order valence-electron chi connectivity index (χ4n) is 1.29. The predicted octanol–water partition coefficient (Wildman–Crippen LogP) is 1.03. The quantitative estimate of drug-likeness (QED) is 0.555. The Balaban J connectivity index is 2.36. The Labute approximate surface area is 95.8 Å². The van der Waals surface area contributed by atoms with Gasteiger partial charge in [0.15, 0.2) is 0 Å². The summed E-state index contributed by atoms with van der Waals surface area (Å²) < 4.78 is 0. The first-order valence-corrected chi connectivity index (χ1v) is 5.26. The molecule has 1 heterocycles. The average molecular weight is 219 g/mol. The smallest absolute Gasteiger partial charge is 0.234 e. The summed E-state index contributed by atoms with van der Waals surface area (Å²) in [5, 5.41) is 5.80. The molecule has 1 aromatic rings. The highest BCUT2D eigenvalue weighted by molar-refractivity contribution is 5.78. The molecule has 4 heteroatoms. The van der Waals surface area contributed by atoms with E-state index in [0.717, 1.165) is 5.69 Å². The largest absolute Gasteiger partial charge is 0.347 e. The molecule has 0 bridgehead atoms. The minimum absolute atomic E-state index is 0.0417. The highest BCUT2D eigenvalue weighted by Gasteiger charge is 2.09. The monoisotopic (exact) mass is 219 g/mol. The maximum absolute atomic E-state index is 11.5. The summed E-state index contributed by atoms with van der Waals surface area (Å²) in [5.41, 5.74) is 0.861. The molecule has 0 aliphatic heterocycles. The van der Waals surface area contributed by atoms with Crippen molar-refractivity contribution in [3.05, 3.63) is 42.7 Å². The van der Waals surface area contributed by atoms with Crippen LogP contribution < -0.4 is 10.6 Å². The first-order chi connectivity index (χ1) is 7.74. The van der Waals surface area contributed by atoms with Gasteiger partial charge in [0.05, 0.1) is 18.3 Å². The van der Waals surface area contributed by atoms with Crippen LogP contribution >= 0.6 is 0 Å². The molecule has 1 rings (SSSR count). The molecular weight excluding hydrogens is 202 g/mol. The maximum atomic E-state index is 11.5. The number of hydrogen-bond donors (Lipinski definition) is 2. The average Bonchev–Trinajstić information content (AvgIpc) is 2.30. The van der Waals surface area contributed by atoms with E-state index in [-0.39, 0.29) is 11.9 Å². The lowest BCUT2D eigenvalue weighted by Gasteiger charge is -2.13. The van der Waals surface area contributed by atoms with Gasteiger partial charge in [-0.1, -0.05) is 12.1 Å². The molecule has 1 amide bonds. The summed E-state index contributed by atoms with van der Waals surface area (Å²) >= 11 is 0. The van der Waals surface area contributed by atoms with Gasteiger partial charge in [0.1, 0.15) is 0 Å². The van der Waals surface area contributed by atoms with Crippen LogP contribution in [0.4, 0.5) is 0 Å². The number of amides is 1. The molecular formula is C12H17N3O. The number of carbonyl (C=O) groups excluding carboxylic acids is 1. The number of hydrogen-bond acceptors (Lipinski definition) is 3. The van der Waals surface area contributed by atoms with E-state index < -0.39 is 0 Å². The molecule has 1 aromatic heterocycles. The van der Waals surface area contributed by atoms with E-state index in [4.69, 9.17) is 0 Å². The van der Waals surface area contributed by atoms with Crippen molar-refractivity contribution in [1.82, 2.24) is 15.6 Å². The summed E-state index contributed by atoms with van der Waals surface area (Å²) in [5.74, 6) is -0.0417. The highest BCUT2D eigenvalue weighted by atomic mass is 16.1. The van der Waals surface area contributed by atoms with Crippen molar-refractivity contribution in [3.63, 3.8) is 0 Å². The van der Waals surface area contributed by atoms with E-state index in [9.17, 15) is 4.79 Å². The van der Waals surface area contributed by atoms with E-state index in [0.29, 0.717) is 13.1 Å². The number of aromatic nitrogens is 1. The van der Waals surface area contributed by atoms with Crippen molar-refractivity contribution in [2.24, 2.45) is 0 Å². The van der Waals surface area contributed by atoms with Gasteiger partial charge in [-0.2, -0.15) is 0 Å². The van der Waals surface area contributed by atoms with Gasteiger partial charge in [-0.05, 0) is 19.1 Å². The molecule has 0 aliphatic rings. The van der Waals surface area contributed by atoms with Crippen LogP contribution in [0.1, 0.15) is 18.7 Å². The van der Waals surface area contributed by atoms with Gasteiger partial charge < -0.3 is 10.6 Å². The summed E-state index contributed by atoms with van der Waals surface area (Å²) in [6, 6.07) is 5.58. The second-order valence-electron chi connectivity index (χ2n) is 3.46. The lowest BCUT2D eigenvalue weighted by Crippen LogP contribution is -2.35. The third-order valence-corrected chi connectivity index (χ3v) is 2.08. The number of nitrogens with zero attached hydrogens (tertiary/aromatic N) is 1. The van der Waals surface area contributed by atoms with Crippen molar-refractivity contribution < 1.29 is 4.79 Å². The van der Waals surface area contributed by atoms with Crippen LogP contribution in [0.15, 0.2) is 37.1 Å². The fourth-order valence-corrected chi connectivity index (χ4v) is 1.29. The van der Waals surface area contributed by atoms with Gasteiger partial charge in [0.25, 0.3) is 0 Å². The Morgan fingerprint density at radius 1 is 1.62 bits per heavy atom. The van der Waals surface area contributed by atoms with E-state index >= 15 is 0 Å². The van der Waals surface area contributed by atoms with Gasteiger partial charge in [0, 0.05) is 12.7 Å². The van der Waals surface area contributed by atoms with E-state index in [1.54, 1.807) is 12.3 Å². The number of pyridine rings is 1. The van der Waals surface area contributed by atoms with Gasteiger partial charge in [-0.25, -0.2) is 0 Å². The van der Waals surface area contributed by atoms with E-state index in [1.807, 2.05) is 25.1 Å². The minimum Gasteiger partial charge on any atom is -0.347 e. The van der Waals surface area contributed by atoms with E-state index in [2.05, 4.69) is 22.2 Å². The normalized spacial score (nSPS) is 11.8. The number of nitrogens with one attached hydrogen (secondary N) is 2. The Morgan fingerprint density at radius 3 is 3.06 bits per heavy atom. The van der Waals surface area contributed by atoms with Crippen molar-refractivity contribution in [3.8, 4) is 0 Å². The van der Waals surface area contributed by atoms with Crippen LogP contribution in [-0.2, 0) is 4.79 Å². The van der Waals surface area contributed by atoms with Crippen molar-refractivity contribution in [2.45, 2.75) is 13.0 Å². The predicted molar refractivity (Wildman–Crippen MR) is 63.9 cm³/mol. The van der Waals surface area contributed by atoms with Gasteiger partial charge in [-0.15, -0.1) is 6.58 Å². The van der Waals surface area contributed by atoms with Gasteiger partial charge >= 0.3 is 0 Å². The Hall–Kier alpha value is -1.68. The lowest BCUT2D eigenvalue weighted by atomic mass is 10.2. The maximum Gasteiger partial charge on any atom is 0.234 e. The van der Waals surface area contributed by atoms with E-state index in [1.165, 1.54) is 0 Å². The number of rotatable bonds is 6. The fraction of sp³-hybridized carbons (Fsp3) is 0.333. The summed E-state index contributed by atoms with van der Waals surface area (Å²) in [4.78, 5) is 15.6. The first-order valence-electron chi connectivity index (χ1n) is 5.26. The second kappa shape index (κ2) is 6.74. The van der Waals surface area contributed by atoms with Gasteiger partial charge in [-0.3, -0.25) is 9.78 Å². The van der Waals surface area contributed by atoms with Crippen LogP contribution in [0.2, 0.25) is 0 Å². The SMILES string of the molecule is C=CCNCC(=O)N[C@H](C)c1ccccn1. The molecule has 2 N–H and O–H groups in total. The summed E-state index contributed by atoms with van der Waals surface area (Å²) in [6.07, 6.45) is 3.43. The lowest BCUT2D eigenvalue weighted by molar-refractivity contribution is -0.120. The van der Waals surface area contributed by atoms with Crippen molar-refractivity contribution in [1.29, 1.82) is 0 Å². The van der Waals surface area contributed by atoms with Crippen molar-refractivity contribution >= 4 is 5.91 Å². The first kappa shape index (κ1) is 12.4. The molecule has 16 heavy (non-hydrogen) atoms. The molecule has 0 saturated heterocycles. The summed E-state index contributed by atoms with van der Waals surface area (Å²) in [6.45, 7) is 6.40. The highest BCUT2D eigenvalue weighted by Crippen LogP contribution is 2.06. The molecule has 86 valence electrons. The molecule has 0 aromatic carbocycles. The molecule has 1 atom stereocenters. The standard InChI is InChI=1S/C12H17N3O/c1-3-7-13-9-12(16)15-10(2)11-6-4-5-8-14-11/h3-6,8,10,13H,1,7,9H2,2H3,(H,15,16)/t10-/m1/s1. The van der Waals surface area contributed by atoms with Crippen LogP contribution in [0, 0.1) is 0 Å². The molecule has 0 aliphatic carbocycles. The zero-order chi connectivity index (χ0) is 11.8. The number of carbonyl (C=O) groups is 1. The minimum atomic E-state index is -0.0702. The summed E-state index contributed by atoms with van der Waals surface area (Å²) in [7, 11) is 0. The second-order valence-corrected chi connectivity index (χ2v) is 3.46. The van der Waals surface area contributed by atoms with Crippen molar-refractivity contribution in [2.75, 3.05) is 13.1 Å². The Morgan fingerprint density at radius 2 is 2.44 bits per heavy atom. The molecule has 0 saturated carbocycles. The third kappa shape index (κ3) is 4.23. The van der Waals surface area contributed by atoms with Crippen LogP contribution in [0.5, 0.6) is 0 Å². The van der Waals surface area contributed by atoms with Crippen LogP contribution in [0.3, 0.4) is 0 Å². The zero-order valence-corrected chi connectivity index (χ0v) is 9.44. The topological polar surface area (TPSA) is 54.0 Å². The molecule has 4 nitrogen and oxygen atoms in total. The molecule has 0 radical (unpaired) electrons. The van der Waals surface area contributed by atoms with Crippen LogP contribution in [-0.4, -0.2) is 24.0 Å². The molecule has 0 spiro atoms. The Kier molecular flexibility index (Phi) is 5.22. The third-order valence-electron chi connectivity index (χ3n) is 2.08. The molecule has 0 fully saturated rings. The zero-order valence-electron chi connectivity index (χ0n) is 9.44. The van der Waals surface area contributed by atoms with Gasteiger partial charge in [0.2, 0.25) is 5.91 Å².